The van der Waals surface area contributed by atoms with Gasteiger partial charge in [0, 0.05) is 13.2 Å². The molecule has 7 nitrogen and oxygen atoms in total. The monoisotopic (exact) mass is 301 g/mol. The molecule has 21 heavy (non-hydrogen) atoms. The minimum Gasteiger partial charge on any atom is -0.493 e. The number of methoxy groups -OCH3 is 3. The van der Waals surface area contributed by atoms with Crippen LogP contribution in [0.15, 0.2) is 12.1 Å². The molecule has 1 rings (SSSR count). The van der Waals surface area contributed by atoms with Gasteiger partial charge in [-0.15, -0.1) is 0 Å². The molecule has 0 radical (unpaired) electrons. The summed E-state index contributed by atoms with van der Waals surface area (Å²) in [5.41, 5.74) is -0.284. The lowest BCUT2D eigenvalue weighted by Gasteiger charge is -2.13. The average Bonchev–Trinajstić information content (AvgIpc) is 2.46. The number of carbonyl (C=O) groups is 2. The Morgan fingerprint density at radius 2 is 1.81 bits per heavy atom. The fourth-order valence-electron chi connectivity index (χ4n) is 1.58. The molecule has 0 heterocycles. The minimum absolute atomic E-state index is 0.145. The zero-order valence-electron chi connectivity index (χ0n) is 11.8. The number of nitrogens with one attached hydrogen (secondary N) is 1. The van der Waals surface area contributed by atoms with E-state index in [0.29, 0.717) is 0 Å². The molecular weight excluding hydrogens is 285 g/mol. The number of hydrogen-bond donors (Lipinski definition) is 2. The fourth-order valence-corrected chi connectivity index (χ4v) is 1.58. The highest BCUT2D eigenvalue weighted by Crippen LogP contribution is 2.29. The Bertz CT molecular complexity index is 534. The second kappa shape index (κ2) is 7.44. The van der Waals surface area contributed by atoms with Gasteiger partial charge in [0.1, 0.15) is 5.82 Å². The van der Waals surface area contributed by atoms with Crippen LogP contribution in [0.1, 0.15) is 10.4 Å². The predicted octanol–water partition coefficient (Wildman–Crippen LogP) is 0.672. The fraction of sp³-hybridized carbons (Fsp3) is 0.385. The predicted molar refractivity (Wildman–Crippen MR) is 70.3 cm³/mol. The molecular formula is C13H16FNO6. The number of halogens is 1. The van der Waals surface area contributed by atoms with Gasteiger partial charge in [-0.1, -0.05) is 0 Å². The van der Waals surface area contributed by atoms with E-state index in [1.807, 2.05) is 0 Å². The molecule has 0 aliphatic carbocycles. The maximum absolute atomic E-state index is 13.8. The van der Waals surface area contributed by atoms with Gasteiger partial charge in [0.05, 0.1) is 26.3 Å². The molecule has 1 atom stereocenters. The van der Waals surface area contributed by atoms with Crippen LogP contribution in [-0.4, -0.2) is 51.0 Å². The van der Waals surface area contributed by atoms with E-state index >= 15 is 0 Å². The summed E-state index contributed by atoms with van der Waals surface area (Å²) < 4.78 is 28.4. The molecule has 8 heteroatoms. The first kappa shape index (κ1) is 16.7. The summed E-state index contributed by atoms with van der Waals surface area (Å²) >= 11 is 0. The van der Waals surface area contributed by atoms with Gasteiger partial charge in [0.15, 0.2) is 17.6 Å². The quantitative estimate of drug-likeness (QED) is 0.769. The van der Waals surface area contributed by atoms with Crippen molar-refractivity contribution < 1.29 is 33.3 Å². The number of carboxylic acid groups (broad SMARTS) is 1. The van der Waals surface area contributed by atoms with Gasteiger partial charge >= 0.3 is 5.97 Å². The molecule has 0 saturated carbocycles. The maximum Gasteiger partial charge on any atom is 0.334 e. The Hall–Kier alpha value is -2.35. The molecule has 1 aromatic rings. The molecule has 1 amide bonds. The highest BCUT2D eigenvalue weighted by Gasteiger charge is 2.20. The third-order valence-electron chi connectivity index (χ3n) is 2.73. The number of amides is 1. The summed E-state index contributed by atoms with van der Waals surface area (Å²) in [6.45, 7) is -0.293. The third kappa shape index (κ3) is 4.06. The highest BCUT2D eigenvalue weighted by molar-refractivity contribution is 5.95. The van der Waals surface area contributed by atoms with Crippen LogP contribution in [-0.2, 0) is 9.53 Å². The molecule has 0 spiro atoms. The lowest BCUT2D eigenvalue weighted by molar-refractivity contribution is -0.148. The van der Waals surface area contributed by atoms with Crippen molar-refractivity contribution in [1.29, 1.82) is 0 Å². The first-order chi connectivity index (χ1) is 9.94. The van der Waals surface area contributed by atoms with Crippen molar-refractivity contribution in [2.45, 2.75) is 6.10 Å². The van der Waals surface area contributed by atoms with Gasteiger partial charge in [-0.3, -0.25) is 4.79 Å². The van der Waals surface area contributed by atoms with Crippen molar-refractivity contribution in [1.82, 2.24) is 5.32 Å². The van der Waals surface area contributed by atoms with Crippen LogP contribution in [0.3, 0.4) is 0 Å². The van der Waals surface area contributed by atoms with E-state index in [9.17, 15) is 14.0 Å². The van der Waals surface area contributed by atoms with Crippen molar-refractivity contribution in [3.63, 3.8) is 0 Å². The molecule has 0 saturated heterocycles. The molecule has 0 fully saturated rings. The van der Waals surface area contributed by atoms with Gasteiger partial charge in [0.25, 0.3) is 5.91 Å². The summed E-state index contributed by atoms with van der Waals surface area (Å²) in [4.78, 5) is 22.6. The van der Waals surface area contributed by atoms with Crippen LogP contribution in [0, 0.1) is 5.82 Å². The number of ether oxygens (including phenoxy) is 3. The van der Waals surface area contributed by atoms with E-state index in [2.05, 4.69) is 10.1 Å². The van der Waals surface area contributed by atoms with Crippen molar-refractivity contribution in [3.05, 3.63) is 23.5 Å². The molecule has 116 valence electrons. The van der Waals surface area contributed by atoms with Crippen molar-refractivity contribution in [2.24, 2.45) is 0 Å². The third-order valence-corrected chi connectivity index (χ3v) is 2.73. The second-order valence-corrected chi connectivity index (χ2v) is 3.96. The zero-order valence-corrected chi connectivity index (χ0v) is 11.8. The lowest BCUT2D eigenvalue weighted by atomic mass is 10.1. The maximum atomic E-state index is 13.8. The SMILES string of the molecule is COc1cc(F)c(C(=O)NCC(OC)C(=O)O)cc1OC. The number of rotatable bonds is 7. The van der Waals surface area contributed by atoms with Crippen LogP contribution in [0.4, 0.5) is 4.39 Å². The van der Waals surface area contributed by atoms with Crippen molar-refractivity contribution >= 4 is 11.9 Å². The van der Waals surface area contributed by atoms with Crippen LogP contribution in [0.25, 0.3) is 0 Å². The van der Waals surface area contributed by atoms with Crippen LogP contribution in [0.2, 0.25) is 0 Å². The van der Waals surface area contributed by atoms with Crippen LogP contribution >= 0.6 is 0 Å². The highest BCUT2D eigenvalue weighted by atomic mass is 19.1. The summed E-state index contributed by atoms with van der Waals surface area (Å²) in [6.07, 6.45) is -1.21. The van der Waals surface area contributed by atoms with Crippen molar-refractivity contribution in [3.8, 4) is 11.5 Å². The van der Waals surface area contributed by atoms with Gasteiger partial charge in [0.2, 0.25) is 0 Å². The summed E-state index contributed by atoms with van der Waals surface area (Å²) in [5.74, 6) is -2.49. The standard InChI is InChI=1S/C13H16FNO6/c1-19-9-4-7(8(14)5-10(9)20-2)12(16)15-6-11(21-3)13(17)18/h4-5,11H,6H2,1-3H3,(H,15,16)(H,17,18). The molecule has 0 aromatic heterocycles. The first-order valence-corrected chi connectivity index (χ1v) is 5.89. The number of hydrogen-bond acceptors (Lipinski definition) is 5. The Balaban J connectivity index is 2.90. The topological polar surface area (TPSA) is 94.1 Å². The second-order valence-electron chi connectivity index (χ2n) is 3.96. The number of carboxylic acids is 1. The van der Waals surface area contributed by atoms with E-state index in [0.717, 1.165) is 6.07 Å². The number of aliphatic carboxylic acids is 1. The van der Waals surface area contributed by atoms with Gasteiger partial charge in [-0.25, -0.2) is 9.18 Å². The molecule has 0 aliphatic rings. The Kier molecular flexibility index (Phi) is 5.92. The van der Waals surface area contributed by atoms with Crippen LogP contribution in [0.5, 0.6) is 11.5 Å². The normalized spacial score (nSPS) is 11.6. The average molecular weight is 301 g/mol. The molecule has 0 bridgehead atoms. The Morgan fingerprint density at radius 3 is 2.29 bits per heavy atom. The van der Waals surface area contributed by atoms with Crippen LogP contribution < -0.4 is 14.8 Å². The van der Waals surface area contributed by atoms with Gasteiger partial charge in [-0.05, 0) is 6.07 Å². The molecule has 1 unspecified atom stereocenters. The van der Waals surface area contributed by atoms with Crippen molar-refractivity contribution in [2.75, 3.05) is 27.9 Å². The van der Waals surface area contributed by atoms with E-state index in [1.165, 1.54) is 27.4 Å². The molecule has 0 aliphatic heterocycles. The lowest BCUT2D eigenvalue weighted by Crippen LogP contribution is -2.38. The van der Waals surface area contributed by atoms with E-state index < -0.39 is 23.8 Å². The largest absolute Gasteiger partial charge is 0.493 e. The van der Waals surface area contributed by atoms with Gasteiger partial charge in [-0.2, -0.15) is 0 Å². The Labute approximate surface area is 120 Å². The first-order valence-electron chi connectivity index (χ1n) is 5.89. The minimum atomic E-state index is -1.23. The molecule has 1 aromatic carbocycles. The number of benzene rings is 1. The van der Waals surface area contributed by atoms with E-state index in [1.54, 1.807) is 0 Å². The number of carbonyl (C=O) groups excluding carboxylic acids is 1. The van der Waals surface area contributed by atoms with E-state index in [-0.39, 0.29) is 23.6 Å². The summed E-state index contributed by atoms with van der Waals surface area (Å²) in [5, 5.41) is 11.1. The van der Waals surface area contributed by atoms with Gasteiger partial charge < -0.3 is 24.6 Å². The van der Waals surface area contributed by atoms with E-state index in [4.69, 9.17) is 14.6 Å². The Morgan fingerprint density at radius 1 is 1.24 bits per heavy atom. The molecule has 2 N–H and O–H groups in total. The summed E-state index contributed by atoms with van der Waals surface area (Å²) in [6, 6.07) is 2.19. The smallest absolute Gasteiger partial charge is 0.334 e. The summed E-state index contributed by atoms with van der Waals surface area (Å²) in [7, 11) is 3.89. The zero-order chi connectivity index (χ0) is 16.0.